The fourth-order valence-electron chi connectivity index (χ4n) is 2.41. The fraction of sp³-hybridized carbons (Fsp3) is 0.818. The molecular formula is C11H20N2O4. The summed E-state index contributed by atoms with van der Waals surface area (Å²) in [5.74, 6) is -1.43. The van der Waals surface area contributed by atoms with E-state index in [2.05, 4.69) is 0 Å². The Labute approximate surface area is 100.0 Å². The number of hydrogen-bond donors (Lipinski definition) is 4. The Hall–Kier alpha value is -0.980. The molecule has 6 N–H and O–H groups in total. The number of carbonyl (C=O) groups is 2. The first-order chi connectivity index (χ1) is 7.97. The van der Waals surface area contributed by atoms with Gasteiger partial charge >= 0.3 is 5.97 Å². The Morgan fingerprint density at radius 3 is 2.24 bits per heavy atom. The zero-order valence-electron chi connectivity index (χ0n) is 9.76. The normalized spacial score (nSPS) is 30.9. The number of nitrogens with two attached hydrogens (primary N) is 2. The van der Waals surface area contributed by atoms with Gasteiger partial charge in [0.15, 0.2) is 5.78 Å². The third-order valence-corrected chi connectivity index (χ3v) is 3.71. The average Bonchev–Trinajstić information content (AvgIpc) is 2.36. The van der Waals surface area contributed by atoms with E-state index >= 15 is 0 Å². The van der Waals surface area contributed by atoms with Gasteiger partial charge in [-0.3, -0.25) is 9.59 Å². The molecule has 1 atom stereocenters. The van der Waals surface area contributed by atoms with Crippen LogP contribution in [0.5, 0.6) is 0 Å². The minimum atomic E-state index is -1.42. The van der Waals surface area contributed by atoms with Gasteiger partial charge in [0, 0.05) is 0 Å². The molecule has 1 aliphatic carbocycles. The van der Waals surface area contributed by atoms with Crippen LogP contribution < -0.4 is 11.5 Å². The summed E-state index contributed by atoms with van der Waals surface area (Å²) in [4.78, 5) is 23.3. The highest BCUT2D eigenvalue weighted by molar-refractivity contribution is 6.05. The topological polar surface area (TPSA) is 127 Å². The van der Waals surface area contributed by atoms with E-state index in [1.54, 1.807) is 0 Å². The molecule has 0 radical (unpaired) electrons. The molecule has 0 spiro atoms. The maximum absolute atomic E-state index is 12.0. The standard InChI is InChI=1S/C11H20N2O4/c12-5-7-1-3-11(4-2-7,10(16)17)9(15)8(13)6-14/h7-8,14H,1-6,12-13H2,(H,16,17)/t7?,8-,11?/m0/s1. The molecule has 0 unspecified atom stereocenters. The molecule has 0 bridgehead atoms. The van der Waals surface area contributed by atoms with Crippen LogP contribution in [0.2, 0.25) is 0 Å². The van der Waals surface area contributed by atoms with Crippen molar-refractivity contribution in [2.45, 2.75) is 31.7 Å². The number of Topliss-reactive ketones (excluding diaryl/α,β-unsaturated/α-hetero) is 1. The van der Waals surface area contributed by atoms with Crippen molar-refractivity contribution in [2.24, 2.45) is 22.8 Å². The highest BCUT2D eigenvalue weighted by Crippen LogP contribution is 2.40. The van der Waals surface area contributed by atoms with Crippen LogP contribution in [0.4, 0.5) is 0 Å². The zero-order chi connectivity index (χ0) is 13.1. The van der Waals surface area contributed by atoms with Gasteiger partial charge in [0.1, 0.15) is 5.41 Å². The molecule has 98 valence electrons. The number of rotatable bonds is 5. The highest BCUT2D eigenvalue weighted by Gasteiger charge is 2.49. The van der Waals surface area contributed by atoms with Crippen LogP contribution in [-0.2, 0) is 9.59 Å². The van der Waals surface area contributed by atoms with E-state index in [1.807, 2.05) is 0 Å². The number of ketones is 1. The van der Waals surface area contributed by atoms with Crippen LogP contribution in [0.25, 0.3) is 0 Å². The molecule has 0 aromatic carbocycles. The lowest BCUT2D eigenvalue weighted by atomic mass is 9.66. The summed E-state index contributed by atoms with van der Waals surface area (Å²) < 4.78 is 0. The number of aliphatic hydroxyl groups is 1. The Bertz CT molecular complexity index is 298. The summed E-state index contributed by atoms with van der Waals surface area (Å²) in [5, 5.41) is 18.1. The predicted octanol–water partition coefficient (Wildman–Crippen LogP) is -0.905. The number of carbonyl (C=O) groups excluding carboxylic acids is 1. The Kier molecular flexibility index (Phi) is 4.62. The summed E-state index contributed by atoms with van der Waals surface area (Å²) in [7, 11) is 0. The molecule has 17 heavy (non-hydrogen) atoms. The first kappa shape index (κ1) is 14.1. The third-order valence-electron chi connectivity index (χ3n) is 3.71. The Morgan fingerprint density at radius 2 is 1.88 bits per heavy atom. The molecule has 0 amide bonds. The quantitative estimate of drug-likeness (QED) is 0.464. The van der Waals surface area contributed by atoms with Crippen molar-refractivity contribution in [2.75, 3.05) is 13.2 Å². The van der Waals surface area contributed by atoms with E-state index < -0.39 is 29.8 Å². The van der Waals surface area contributed by atoms with Crippen molar-refractivity contribution in [3.63, 3.8) is 0 Å². The van der Waals surface area contributed by atoms with Crippen LogP contribution in [0.3, 0.4) is 0 Å². The highest BCUT2D eigenvalue weighted by atomic mass is 16.4. The number of aliphatic carboxylic acids is 1. The van der Waals surface area contributed by atoms with E-state index in [0.29, 0.717) is 19.4 Å². The number of hydrogen-bond acceptors (Lipinski definition) is 5. The van der Waals surface area contributed by atoms with Crippen LogP contribution >= 0.6 is 0 Å². The number of carboxylic acid groups (broad SMARTS) is 1. The average molecular weight is 244 g/mol. The second-order valence-electron chi connectivity index (χ2n) is 4.72. The van der Waals surface area contributed by atoms with E-state index in [0.717, 1.165) is 0 Å². The summed E-state index contributed by atoms with van der Waals surface area (Å²) in [6.45, 7) is -0.00980. The van der Waals surface area contributed by atoms with Gasteiger partial charge in [-0.2, -0.15) is 0 Å². The molecule has 6 heteroatoms. The lowest BCUT2D eigenvalue weighted by Crippen LogP contribution is -2.51. The van der Waals surface area contributed by atoms with Gasteiger partial charge in [-0.25, -0.2) is 0 Å². The molecule has 1 fully saturated rings. The van der Waals surface area contributed by atoms with Crippen molar-refractivity contribution in [3.05, 3.63) is 0 Å². The maximum atomic E-state index is 12.0. The lowest BCUT2D eigenvalue weighted by molar-refractivity contribution is -0.158. The van der Waals surface area contributed by atoms with Gasteiger partial charge in [0.2, 0.25) is 0 Å². The van der Waals surface area contributed by atoms with E-state index in [1.165, 1.54) is 0 Å². The fourth-order valence-corrected chi connectivity index (χ4v) is 2.41. The first-order valence-corrected chi connectivity index (χ1v) is 5.82. The Balaban J connectivity index is 2.86. The molecule has 0 aliphatic heterocycles. The van der Waals surface area contributed by atoms with Crippen LogP contribution in [-0.4, -0.2) is 41.2 Å². The number of aliphatic hydroxyl groups excluding tert-OH is 1. The van der Waals surface area contributed by atoms with E-state index in [9.17, 15) is 14.7 Å². The summed E-state index contributed by atoms with van der Waals surface area (Å²) in [6, 6.07) is -1.11. The number of carboxylic acids is 1. The minimum absolute atomic E-state index is 0.261. The van der Waals surface area contributed by atoms with Crippen LogP contribution in [0.1, 0.15) is 25.7 Å². The van der Waals surface area contributed by atoms with Gasteiger partial charge in [-0.1, -0.05) is 0 Å². The molecule has 0 heterocycles. The van der Waals surface area contributed by atoms with Gasteiger partial charge < -0.3 is 21.7 Å². The summed E-state index contributed by atoms with van der Waals surface area (Å²) >= 11 is 0. The predicted molar refractivity (Wildman–Crippen MR) is 61.1 cm³/mol. The third kappa shape index (κ3) is 2.65. The largest absolute Gasteiger partial charge is 0.480 e. The minimum Gasteiger partial charge on any atom is -0.480 e. The van der Waals surface area contributed by atoms with Crippen molar-refractivity contribution >= 4 is 11.8 Å². The monoisotopic (exact) mass is 244 g/mol. The zero-order valence-corrected chi connectivity index (χ0v) is 9.76. The molecule has 6 nitrogen and oxygen atoms in total. The first-order valence-electron chi connectivity index (χ1n) is 5.82. The molecule has 1 saturated carbocycles. The molecule has 1 rings (SSSR count). The van der Waals surface area contributed by atoms with Crippen molar-refractivity contribution in [1.82, 2.24) is 0 Å². The smallest absolute Gasteiger partial charge is 0.317 e. The van der Waals surface area contributed by atoms with Crippen LogP contribution in [0, 0.1) is 11.3 Å². The van der Waals surface area contributed by atoms with Gasteiger partial charge in [-0.05, 0) is 38.1 Å². The molecule has 0 aromatic rings. The van der Waals surface area contributed by atoms with Gasteiger partial charge in [0.25, 0.3) is 0 Å². The van der Waals surface area contributed by atoms with E-state index in [4.69, 9.17) is 16.6 Å². The SMILES string of the molecule is NCC1CCC(C(=O)O)(C(=O)[C@@H](N)CO)CC1. The maximum Gasteiger partial charge on any atom is 0.317 e. The summed E-state index contributed by atoms with van der Waals surface area (Å²) in [6.07, 6.45) is 1.76. The second kappa shape index (κ2) is 5.57. The van der Waals surface area contributed by atoms with Crippen molar-refractivity contribution in [3.8, 4) is 0 Å². The second-order valence-corrected chi connectivity index (χ2v) is 4.72. The van der Waals surface area contributed by atoms with Crippen molar-refractivity contribution in [1.29, 1.82) is 0 Å². The summed E-state index contributed by atoms with van der Waals surface area (Å²) in [5.41, 5.74) is 9.56. The van der Waals surface area contributed by atoms with Gasteiger partial charge in [0.05, 0.1) is 12.6 Å². The van der Waals surface area contributed by atoms with E-state index in [-0.39, 0.29) is 18.8 Å². The molecular weight excluding hydrogens is 224 g/mol. The lowest BCUT2D eigenvalue weighted by Gasteiger charge is -2.36. The van der Waals surface area contributed by atoms with Gasteiger partial charge in [-0.15, -0.1) is 0 Å². The van der Waals surface area contributed by atoms with Crippen molar-refractivity contribution < 1.29 is 19.8 Å². The molecule has 0 saturated heterocycles. The molecule has 0 aromatic heterocycles. The van der Waals surface area contributed by atoms with Crippen LogP contribution in [0.15, 0.2) is 0 Å². The Morgan fingerprint density at radius 1 is 1.35 bits per heavy atom. The molecule has 1 aliphatic rings.